The summed E-state index contributed by atoms with van der Waals surface area (Å²) in [5.74, 6) is -0.642. The molecule has 4 N–H and O–H groups in total. The van der Waals surface area contributed by atoms with Crippen LogP contribution in [0, 0.1) is 13.8 Å². The summed E-state index contributed by atoms with van der Waals surface area (Å²) in [6.07, 6.45) is 0.393. The molecule has 0 aliphatic rings. The Hall–Kier alpha value is -3.39. The molecule has 13 nitrogen and oxygen atoms in total. The molecule has 0 bridgehead atoms. The summed E-state index contributed by atoms with van der Waals surface area (Å²) in [6.45, 7) is 8.68. The number of nitrogens with one attached hydrogen (secondary N) is 4. The number of sulfonamides is 1. The SMILES string of the molecule is COC(=O)C(CNC(=O)OC(C)(C)C)NS(=O)(=O)c1c(C)cc(OCCCC(=O)NCCNC=O)cc1C. The highest BCUT2D eigenvalue weighted by atomic mass is 32.2. The van der Waals surface area contributed by atoms with E-state index < -0.39 is 33.7 Å². The fraction of sp³-hybridized carbons (Fsp3) is 0.583. The van der Waals surface area contributed by atoms with Crippen molar-refractivity contribution in [1.29, 1.82) is 0 Å². The Morgan fingerprint density at radius 3 is 2.24 bits per heavy atom. The van der Waals surface area contributed by atoms with E-state index in [1.54, 1.807) is 46.8 Å². The highest BCUT2D eigenvalue weighted by Crippen LogP contribution is 2.26. The molecule has 3 amide bonds. The van der Waals surface area contributed by atoms with Gasteiger partial charge in [0.25, 0.3) is 0 Å². The number of carbonyl (C=O) groups is 4. The lowest BCUT2D eigenvalue weighted by molar-refractivity contribution is -0.142. The van der Waals surface area contributed by atoms with E-state index in [0.29, 0.717) is 42.8 Å². The molecule has 38 heavy (non-hydrogen) atoms. The minimum atomic E-state index is -4.20. The van der Waals surface area contributed by atoms with Crippen LogP contribution in [-0.4, -0.2) is 77.8 Å². The molecule has 14 heteroatoms. The molecule has 0 saturated heterocycles. The summed E-state index contributed by atoms with van der Waals surface area (Å²) in [6, 6.07) is 1.69. The number of amides is 3. The van der Waals surface area contributed by atoms with Gasteiger partial charge in [0.15, 0.2) is 0 Å². The van der Waals surface area contributed by atoms with Gasteiger partial charge < -0.3 is 30.2 Å². The molecule has 0 aromatic heterocycles. The molecule has 0 heterocycles. The number of alkyl carbamates (subject to hydrolysis) is 1. The largest absolute Gasteiger partial charge is 0.494 e. The van der Waals surface area contributed by atoms with E-state index in [0.717, 1.165) is 7.11 Å². The Kier molecular flexibility index (Phi) is 13.0. The lowest BCUT2D eigenvalue weighted by atomic mass is 10.1. The monoisotopic (exact) mass is 558 g/mol. The van der Waals surface area contributed by atoms with Gasteiger partial charge in [-0.15, -0.1) is 0 Å². The Bertz CT molecular complexity index is 1060. The van der Waals surface area contributed by atoms with Crippen LogP contribution in [0.4, 0.5) is 4.79 Å². The fourth-order valence-corrected chi connectivity index (χ4v) is 4.96. The van der Waals surface area contributed by atoms with Crippen LogP contribution in [0.5, 0.6) is 5.75 Å². The third-order valence-corrected chi connectivity index (χ3v) is 6.60. The maximum atomic E-state index is 13.2. The number of aryl methyl sites for hydroxylation is 2. The van der Waals surface area contributed by atoms with Gasteiger partial charge in [0, 0.05) is 26.1 Å². The average Bonchev–Trinajstić information content (AvgIpc) is 2.80. The summed E-state index contributed by atoms with van der Waals surface area (Å²) in [7, 11) is -3.10. The van der Waals surface area contributed by atoms with Gasteiger partial charge in [0.1, 0.15) is 17.4 Å². The highest BCUT2D eigenvalue weighted by Gasteiger charge is 2.30. The summed E-state index contributed by atoms with van der Waals surface area (Å²) < 4.78 is 44.1. The number of carbonyl (C=O) groups excluding carboxylic acids is 4. The first kappa shape index (κ1) is 32.6. The first-order chi connectivity index (χ1) is 17.7. The van der Waals surface area contributed by atoms with E-state index >= 15 is 0 Å². The van der Waals surface area contributed by atoms with Crippen LogP contribution in [-0.2, 0) is 33.9 Å². The molecular weight excluding hydrogens is 520 g/mol. The molecular formula is C24H38N4O9S. The first-order valence-electron chi connectivity index (χ1n) is 11.9. The van der Waals surface area contributed by atoms with Gasteiger partial charge in [-0.1, -0.05) is 0 Å². The second-order valence-corrected chi connectivity index (χ2v) is 11.0. The highest BCUT2D eigenvalue weighted by molar-refractivity contribution is 7.89. The van der Waals surface area contributed by atoms with Gasteiger partial charge in [0.05, 0.1) is 18.6 Å². The minimum absolute atomic E-state index is 0.0423. The number of benzene rings is 1. The van der Waals surface area contributed by atoms with Crippen molar-refractivity contribution in [3.8, 4) is 5.75 Å². The van der Waals surface area contributed by atoms with E-state index in [-0.39, 0.29) is 30.4 Å². The maximum absolute atomic E-state index is 13.2. The number of rotatable bonds is 15. The van der Waals surface area contributed by atoms with Crippen LogP contribution < -0.4 is 25.4 Å². The van der Waals surface area contributed by atoms with E-state index in [1.807, 2.05) is 0 Å². The van der Waals surface area contributed by atoms with Gasteiger partial charge in [-0.25, -0.2) is 13.2 Å². The third-order valence-electron chi connectivity index (χ3n) is 4.83. The Balaban J connectivity index is 2.82. The van der Waals surface area contributed by atoms with Crippen molar-refractivity contribution < 1.29 is 41.8 Å². The number of esters is 1. The van der Waals surface area contributed by atoms with E-state index in [2.05, 4.69) is 25.4 Å². The van der Waals surface area contributed by atoms with Gasteiger partial charge in [-0.2, -0.15) is 4.72 Å². The molecule has 0 spiro atoms. The zero-order chi connectivity index (χ0) is 28.9. The van der Waals surface area contributed by atoms with Crippen LogP contribution in [0.1, 0.15) is 44.7 Å². The summed E-state index contributed by atoms with van der Waals surface area (Å²) in [5.41, 5.74) is -0.0298. The molecule has 1 unspecified atom stereocenters. The normalized spacial score (nSPS) is 12.2. The average molecular weight is 559 g/mol. The van der Waals surface area contributed by atoms with E-state index in [9.17, 15) is 27.6 Å². The molecule has 0 aliphatic carbocycles. The van der Waals surface area contributed by atoms with E-state index in [4.69, 9.17) is 9.47 Å². The predicted molar refractivity (Wildman–Crippen MR) is 138 cm³/mol. The first-order valence-corrected chi connectivity index (χ1v) is 13.4. The Labute approximate surface area is 223 Å². The molecule has 0 saturated carbocycles. The van der Waals surface area contributed by atoms with Crippen LogP contribution >= 0.6 is 0 Å². The van der Waals surface area contributed by atoms with Crippen molar-refractivity contribution in [2.75, 3.05) is 33.4 Å². The van der Waals surface area contributed by atoms with Gasteiger partial charge >= 0.3 is 12.1 Å². The molecule has 1 atom stereocenters. The molecule has 214 valence electrons. The molecule has 1 rings (SSSR count). The minimum Gasteiger partial charge on any atom is -0.494 e. The summed E-state index contributed by atoms with van der Waals surface area (Å²) in [4.78, 5) is 46.1. The van der Waals surface area contributed by atoms with Crippen molar-refractivity contribution in [3.05, 3.63) is 23.3 Å². The zero-order valence-corrected chi connectivity index (χ0v) is 23.5. The molecule has 0 fully saturated rings. The van der Waals surface area contributed by atoms with Gasteiger partial charge in [-0.05, 0) is 64.3 Å². The van der Waals surface area contributed by atoms with E-state index in [1.165, 1.54) is 0 Å². The molecule has 1 aromatic carbocycles. The summed E-state index contributed by atoms with van der Waals surface area (Å²) >= 11 is 0. The maximum Gasteiger partial charge on any atom is 0.407 e. The molecule has 0 aliphatic heterocycles. The number of hydrogen-bond acceptors (Lipinski definition) is 9. The van der Waals surface area contributed by atoms with Crippen LogP contribution in [0.3, 0.4) is 0 Å². The second-order valence-electron chi connectivity index (χ2n) is 9.34. The second kappa shape index (κ2) is 15.1. The fourth-order valence-electron chi connectivity index (χ4n) is 3.32. The third kappa shape index (κ3) is 11.8. The summed E-state index contributed by atoms with van der Waals surface area (Å²) in [5, 5.41) is 7.47. The zero-order valence-electron chi connectivity index (χ0n) is 22.6. The number of hydrogen-bond donors (Lipinski definition) is 4. The van der Waals surface area contributed by atoms with Crippen molar-refractivity contribution in [2.24, 2.45) is 0 Å². The molecule has 1 aromatic rings. The smallest absolute Gasteiger partial charge is 0.407 e. The van der Waals surface area contributed by atoms with Gasteiger partial charge in [-0.3, -0.25) is 14.4 Å². The number of methoxy groups -OCH3 is 1. The Morgan fingerprint density at radius 1 is 1.05 bits per heavy atom. The van der Waals surface area contributed by atoms with Crippen LogP contribution in [0.2, 0.25) is 0 Å². The lowest BCUT2D eigenvalue weighted by Crippen LogP contribution is -2.49. The van der Waals surface area contributed by atoms with Crippen molar-refractivity contribution >= 4 is 34.4 Å². The number of ether oxygens (including phenoxy) is 3. The van der Waals surface area contributed by atoms with Gasteiger partial charge in [0.2, 0.25) is 22.3 Å². The van der Waals surface area contributed by atoms with Crippen molar-refractivity contribution in [2.45, 2.75) is 64.0 Å². The standard InChI is InChI=1S/C24H38N4O9S/c1-16-12-18(36-11-7-8-20(30)26-10-9-25-15-29)13-17(2)21(16)38(33,34)28-19(22(31)35-6)14-27-23(32)37-24(3,4)5/h12-13,15,19,28H,7-11,14H2,1-6H3,(H,25,29)(H,26,30)(H,27,32). The Morgan fingerprint density at radius 2 is 1.68 bits per heavy atom. The van der Waals surface area contributed by atoms with Crippen molar-refractivity contribution in [3.63, 3.8) is 0 Å². The topological polar surface area (TPSA) is 178 Å². The van der Waals surface area contributed by atoms with Crippen LogP contribution in [0.15, 0.2) is 17.0 Å². The predicted octanol–water partition coefficient (Wildman–Crippen LogP) is 0.669. The lowest BCUT2D eigenvalue weighted by Gasteiger charge is -2.22. The van der Waals surface area contributed by atoms with Crippen LogP contribution in [0.25, 0.3) is 0 Å². The van der Waals surface area contributed by atoms with Crippen molar-refractivity contribution in [1.82, 2.24) is 20.7 Å². The quantitative estimate of drug-likeness (QED) is 0.137. The molecule has 0 radical (unpaired) electrons.